The average molecular weight is 254 g/mol. The quantitative estimate of drug-likeness (QED) is 0.677. The van der Waals surface area contributed by atoms with Gasteiger partial charge in [-0.25, -0.2) is 0 Å². The van der Waals surface area contributed by atoms with Crippen molar-refractivity contribution in [2.75, 3.05) is 32.7 Å². The van der Waals surface area contributed by atoms with Crippen LogP contribution in [0.1, 0.15) is 59.8 Å². The van der Waals surface area contributed by atoms with Gasteiger partial charge in [0, 0.05) is 13.1 Å². The normalized spacial score (nSPS) is 19.0. The second-order valence-corrected chi connectivity index (χ2v) is 6.60. The van der Waals surface area contributed by atoms with Gasteiger partial charge in [-0.1, -0.05) is 40.5 Å². The van der Waals surface area contributed by atoms with Crippen LogP contribution in [-0.2, 0) is 0 Å². The summed E-state index contributed by atoms with van der Waals surface area (Å²) < 4.78 is 0. The molecular formula is C16H34N2. The predicted octanol–water partition coefficient (Wildman–Crippen LogP) is 3.52. The zero-order valence-electron chi connectivity index (χ0n) is 13.1. The summed E-state index contributed by atoms with van der Waals surface area (Å²) in [6, 6.07) is 0. The largest absolute Gasteiger partial charge is 0.316 e. The van der Waals surface area contributed by atoms with Crippen molar-refractivity contribution in [3.05, 3.63) is 0 Å². The van der Waals surface area contributed by atoms with Crippen molar-refractivity contribution in [2.24, 2.45) is 11.3 Å². The first-order chi connectivity index (χ1) is 8.62. The molecule has 0 aromatic heterocycles. The van der Waals surface area contributed by atoms with E-state index in [2.05, 4.69) is 37.9 Å². The van der Waals surface area contributed by atoms with Crippen molar-refractivity contribution in [2.45, 2.75) is 59.8 Å². The molecule has 0 aromatic rings. The number of hydrogen-bond donors (Lipinski definition) is 1. The molecule has 1 aliphatic rings. The van der Waals surface area contributed by atoms with Crippen LogP contribution in [0, 0.1) is 11.3 Å². The zero-order valence-corrected chi connectivity index (χ0v) is 13.1. The molecule has 0 atom stereocenters. The summed E-state index contributed by atoms with van der Waals surface area (Å²) in [4.78, 5) is 2.66. The summed E-state index contributed by atoms with van der Waals surface area (Å²) in [5, 5.41) is 3.71. The molecule has 0 aliphatic heterocycles. The number of hydrogen-bond acceptors (Lipinski definition) is 2. The fourth-order valence-corrected chi connectivity index (χ4v) is 3.28. The third-order valence-corrected chi connectivity index (χ3v) is 4.26. The van der Waals surface area contributed by atoms with Crippen LogP contribution in [0.5, 0.6) is 0 Å². The Kier molecular flexibility index (Phi) is 7.25. The van der Waals surface area contributed by atoms with Gasteiger partial charge < -0.3 is 10.2 Å². The maximum Gasteiger partial charge on any atom is 0.00500 e. The molecule has 1 N–H and O–H groups in total. The maximum atomic E-state index is 3.71. The number of nitrogens with one attached hydrogen (secondary N) is 1. The van der Waals surface area contributed by atoms with Crippen LogP contribution in [0.2, 0.25) is 0 Å². The third-order valence-electron chi connectivity index (χ3n) is 4.26. The molecule has 1 fully saturated rings. The molecule has 0 aromatic carbocycles. The minimum atomic E-state index is 0.570. The van der Waals surface area contributed by atoms with Gasteiger partial charge in [-0.3, -0.25) is 0 Å². The molecule has 108 valence electrons. The van der Waals surface area contributed by atoms with Crippen LogP contribution in [0.15, 0.2) is 0 Å². The minimum Gasteiger partial charge on any atom is -0.316 e. The van der Waals surface area contributed by atoms with Gasteiger partial charge in [-0.15, -0.1) is 0 Å². The smallest absolute Gasteiger partial charge is 0.00500 e. The van der Waals surface area contributed by atoms with E-state index in [1.807, 2.05) is 0 Å². The van der Waals surface area contributed by atoms with E-state index in [1.54, 1.807) is 0 Å². The lowest BCUT2D eigenvalue weighted by Gasteiger charge is -2.35. The molecule has 0 spiro atoms. The van der Waals surface area contributed by atoms with Crippen LogP contribution in [0.25, 0.3) is 0 Å². The molecule has 0 saturated heterocycles. The van der Waals surface area contributed by atoms with E-state index in [0.717, 1.165) is 5.92 Å². The Hall–Kier alpha value is -0.0800. The molecule has 2 heteroatoms. The molecule has 0 amide bonds. The van der Waals surface area contributed by atoms with Crippen molar-refractivity contribution in [1.29, 1.82) is 0 Å². The van der Waals surface area contributed by atoms with Crippen molar-refractivity contribution >= 4 is 0 Å². The Balaban J connectivity index is 2.45. The Bertz CT molecular complexity index is 207. The van der Waals surface area contributed by atoms with Gasteiger partial charge in [-0.05, 0) is 50.2 Å². The monoisotopic (exact) mass is 254 g/mol. The van der Waals surface area contributed by atoms with Gasteiger partial charge in [0.2, 0.25) is 0 Å². The highest BCUT2D eigenvalue weighted by Crippen LogP contribution is 2.38. The molecule has 1 aliphatic carbocycles. The van der Waals surface area contributed by atoms with Gasteiger partial charge in [0.05, 0.1) is 0 Å². The zero-order chi connectivity index (χ0) is 13.4. The predicted molar refractivity (Wildman–Crippen MR) is 81.0 cm³/mol. The van der Waals surface area contributed by atoms with Crippen LogP contribution in [0.3, 0.4) is 0 Å². The fraction of sp³-hybridized carbons (Fsp3) is 1.00. The van der Waals surface area contributed by atoms with Gasteiger partial charge in [0.1, 0.15) is 0 Å². The van der Waals surface area contributed by atoms with Gasteiger partial charge in [0.25, 0.3) is 0 Å². The SMILES string of the molecule is CCCN(CC)CC1(CNCC(C)C)CCCC1. The highest BCUT2D eigenvalue weighted by Gasteiger charge is 2.34. The lowest BCUT2D eigenvalue weighted by molar-refractivity contribution is 0.153. The van der Waals surface area contributed by atoms with Crippen LogP contribution >= 0.6 is 0 Å². The van der Waals surface area contributed by atoms with Gasteiger partial charge in [-0.2, -0.15) is 0 Å². The summed E-state index contributed by atoms with van der Waals surface area (Å²) in [6.45, 7) is 15.4. The Morgan fingerprint density at radius 1 is 1.17 bits per heavy atom. The number of nitrogens with zero attached hydrogens (tertiary/aromatic N) is 1. The summed E-state index contributed by atoms with van der Waals surface area (Å²) >= 11 is 0. The maximum absolute atomic E-state index is 3.71. The molecule has 0 radical (unpaired) electrons. The molecular weight excluding hydrogens is 220 g/mol. The van der Waals surface area contributed by atoms with Gasteiger partial charge >= 0.3 is 0 Å². The first-order valence-electron chi connectivity index (χ1n) is 8.05. The average Bonchev–Trinajstić information content (AvgIpc) is 2.77. The topological polar surface area (TPSA) is 15.3 Å². The molecule has 0 heterocycles. The van der Waals surface area contributed by atoms with Crippen LogP contribution < -0.4 is 5.32 Å². The summed E-state index contributed by atoms with van der Waals surface area (Å²) in [6.07, 6.45) is 7.01. The van der Waals surface area contributed by atoms with Crippen LogP contribution in [0.4, 0.5) is 0 Å². The molecule has 0 bridgehead atoms. The van der Waals surface area contributed by atoms with Crippen molar-refractivity contribution in [3.8, 4) is 0 Å². The fourth-order valence-electron chi connectivity index (χ4n) is 3.28. The molecule has 18 heavy (non-hydrogen) atoms. The van der Waals surface area contributed by atoms with E-state index in [9.17, 15) is 0 Å². The highest BCUT2D eigenvalue weighted by atomic mass is 15.1. The summed E-state index contributed by atoms with van der Waals surface area (Å²) in [5.74, 6) is 0.765. The first-order valence-corrected chi connectivity index (χ1v) is 8.05. The number of rotatable bonds is 9. The second-order valence-electron chi connectivity index (χ2n) is 6.60. The summed E-state index contributed by atoms with van der Waals surface area (Å²) in [5.41, 5.74) is 0.570. The van der Waals surface area contributed by atoms with E-state index in [1.165, 1.54) is 64.8 Å². The Labute approximate surface area is 115 Å². The molecule has 1 rings (SSSR count). The highest BCUT2D eigenvalue weighted by molar-refractivity contribution is 4.89. The summed E-state index contributed by atoms with van der Waals surface area (Å²) in [7, 11) is 0. The van der Waals surface area contributed by atoms with Gasteiger partial charge in [0.15, 0.2) is 0 Å². The minimum absolute atomic E-state index is 0.570. The second kappa shape index (κ2) is 8.16. The van der Waals surface area contributed by atoms with Crippen molar-refractivity contribution < 1.29 is 0 Å². The van der Waals surface area contributed by atoms with Crippen LogP contribution in [-0.4, -0.2) is 37.6 Å². The Morgan fingerprint density at radius 3 is 2.33 bits per heavy atom. The van der Waals surface area contributed by atoms with E-state index in [4.69, 9.17) is 0 Å². The van der Waals surface area contributed by atoms with E-state index in [0.29, 0.717) is 5.41 Å². The van der Waals surface area contributed by atoms with E-state index < -0.39 is 0 Å². The Morgan fingerprint density at radius 2 is 1.83 bits per heavy atom. The first kappa shape index (κ1) is 16.0. The molecule has 1 saturated carbocycles. The molecule has 2 nitrogen and oxygen atoms in total. The third kappa shape index (κ3) is 5.27. The standard InChI is InChI=1S/C16H34N2/c1-5-11-18(6-2)14-16(9-7-8-10-16)13-17-12-15(3)4/h15,17H,5-14H2,1-4H3. The van der Waals surface area contributed by atoms with E-state index >= 15 is 0 Å². The van der Waals surface area contributed by atoms with Crippen molar-refractivity contribution in [3.63, 3.8) is 0 Å². The van der Waals surface area contributed by atoms with E-state index in [-0.39, 0.29) is 0 Å². The lowest BCUT2D eigenvalue weighted by Crippen LogP contribution is -2.43. The lowest BCUT2D eigenvalue weighted by atomic mass is 9.85. The molecule has 0 unspecified atom stereocenters. The van der Waals surface area contributed by atoms with Crippen molar-refractivity contribution in [1.82, 2.24) is 10.2 Å².